The summed E-state index contributed by atoms with van der Waals surface area (Å²) >= 11 is 0. The van der Waals surface area contributed by atoms with Crippen LogP contribution in [0.15, 0.2) is 84.0 Å². The van der Waals surface area contributed by atoms with Gasteiger partial charge in [0.1, 0.15) is 42.3 Å². The van der Waals surface area contributed by atoms with Crippen LogP contribution in [0.25, 0.3) is 10.9 Å². The van der Waals surface area contributed by atoms with Crippen molar-refractivity contribution in [3.05, 3.63) is 107 Å². The number of guanidine groups is 1. The number of morpholine rings is 1. The fourth-order valence-corrected chi connectivity index (χ4v) is 10.6. The topological polar surface area (TPSA) is 386 Å². The Hall–Kier alpha value is -8.58. The number of aromatic amines is 1. The lowest BCUT2D eigenvalue weighted by Crippen LogP contribution is -2.62. The number of aliphatic imine (C=N–C) groups is 1. The van der Waals surface area contributed by atoms with Gasteiger partial charge in [0.25, 0.3) is 0 Å². The van der Waals surface area contributed by atoms with Gasteiger partial charge in [-0.2, -0.15) is 0 Å². The molecule has 0 unspecified atom stereocenters. The number of para-hydroxylation sites is 1. The highest BCUT2D eigenvalue weighted by Gasteiger charge is 2.41. The second-order valence-corrected chi connectivity index (χ2v) is 21.3. The largest absolute Gasteiger partial charge is 0.379 e. The van der Waals surface area contributed by atoms with Gasteiger partial charge >= 0.3 is 6.03 Å². The van der Waals surface area contributed by atoms with Gasteiger partial charge in [-0.1, -0.05) is 86.5 Å². The highest BCUT2D eigenvalue weighted by molar-refractivity contribution is 5.99. The number of hydrogen-bond donors (Lipinski definition) is 12. The van der Waals surface area contributed by atoms with Crippen LogP contribution in [0, 0.1) is 0 Å². The number of ether oxygens (including phenoxy) is 1. The first-order valence-corrected chi connectivity index (χ1v) is 28.5. The van der Waals surface area contributed by atoms with Gasteiger partial charge in [-0.25, -0.2) is 4.79 Å². The number of aromatic nitrogens is 1. The van der Waals surface area contributed by atoms with Crippen LogP contribution in [0.2, 0.25) is 0 Å². The van der Waals surface area contributed by atoms with Crippen molar-refractivity contribution in [2.45, 2.75) is 139 Å². The molecule has 0 bridgehead atoms. The molecule has 10 amide bonds. The van der Waals surface area contributed by atoms with E-state index in [0.29, 0.717) is 49.3 Å². The molecule has 0 aliphatic carbocycles. The second kappa shape index (κ2) is 30.5. The Kier molecular flexibility index (Phi) is 22.8. The van der Waals surface area contributed by atoms with Crippen molar-refractivity contribution in [2.24, 2.45) is 27.9 Å². The number of nitrogens with zero attached hydrogens (tertiary/aromatic N) is 3. The first-order chi connectivity index (χ1) is 40.0. The number of amides is 10. The van der Waals surface area contributed by atoms with Crippen molar-refractivity contribution in [1.29, 1.82) is 0 Å². The Bertz CT molecular complexity index is 2960. The normalized spacial score (nSPS) is 22.3. The van der Waals surface area contributed by atoms with E-state index in [1.54, 1.807) is 24.4 Å². The van der Waals surface area contributed by atoms with Gasteiger partial charge in [0.15, 0.2) is 5.96 Å². The standard InChI is InChI=1S/C58H79N15O10/c1-2-3-14-44(71-58(62)82)52(77)70-47-31-49(74)63-22-9-8-16-42(50(59)75)66-54(79)46(29-39-32-65-41-15-7-6-13-40(39)41)68-51(76)43(17-10-23-64-57(60)61)67-53(78)45(28-35-18-20-36(21-19-35)33-72-24-26-83-27-25-72)69-55(80)48-30-37-11-4-5-12-38(37)34-73(48)56(47)81/h4-7,11-13,15,18-21,32,42-48,65H,2-3,8-10,14,16-17,22-31,33-34H2,1H3,(H2,59,75)(H,63,74)(H,66,79)(H,67,78)(H,68,76)(H,69,80)(H,70,77)(H4,60,61,64)(H3,62,71,82)/t42-,43-,44-,45+,46-,47-,48-/m0/s1. The van der Waals surface area contributed by atoms with Crippen molar-refractivity contribution in [3.63, 3.8) is 0 Å². The molecule has 7 rings (SSSR count). The summed E-state index contributed by atoms with van der Waals surface area (Å²) in [4.78, 5) is 139. The molecule has 7 atom stereocenters. The van der Waals surface area contributed by atoms with E-state index in [9.17, 15) is 28.8 Å². The third kappa shape index (κ3) is 18.2. The number of hydrogen-bond acceptors (Lipinski definition) is 12. The molecule has 25 nitrogen and oxygen atoms in total. The van der Waals surface area contributed by atoms with E-state index < -0.39 is 102 Å². The molecule has 0 spiro atoms. The molecule has 83 heavy (non-hydrogen) atoms. The number of primary amides is 2. The summed E-state index contributed by atoms with van der Waals surface area (Å²) in [7, 11) is 0. The first-order valence-electron chi connectivity index (χ1n) is 28.5. The lowest BCUT2D eigenvalue weighted by molar-refractivity contribution is -0.146. The minimum atomic E-state index is -1.58. The maximum atomic E-state index is 15.2. The third-order valence-corrected chi connectivity index (χ3v) is 15.1. The fourth-order valence-electron chi connectivity index (χ4n) is 10.6. The van der Waals surface area contributed by atoms with Gasteiger partial charge in [-0.3, -0.25) is 48.2 Å². The molecule has 3 aromatic carbocycles. The number of rotatable bonds is 17. The van der Waals surface area contributed by atoms with Gasteiger partial charge in [-0.05, 0) is 72.4 Å². The zero-order valence-electron chi connectivity index (χ0n) is 46.9. The maximum Gasteiger partial charge on any atom is 0.312 e. The molecular formula is C58H79N15O10. The predicted molar refractivity (Wildman–Crippen MR) is 309 cm³/mol. The van der Waals surface area contributed by atoms with Gasteiger partial charge in [-0.15, -0.1) is 0 Å². The quantitative estimate of drug-likeness (QED) is 0.0365. The van der Waals surface area contributed by atoms with E-state index in [-0.39, 0.29) is 83.4 Å². The van der Waals surface area contributed by atoms with Crippen molar-refractivity contribution in [3.8, 4) is 0 Å². The van der Waals surface area contributed by atoms with Gasteiger partial charge in [0, 0.05) is 75.6 Å². The fraction of sp³-hybridized carbons (Fsp3) is 0.483. The number of carbonyl (C=O) groups is 9. The molecule has 0 saturated carbocycles. The molecule has 4 aromatic rings. The lowest BCUT2D eigenvalue weighted by atomic mass is 9.92. The molecular weight excluding hydrogens is 1070 g/mol. The van der Waals surface area contributed by atoms with Crippen LogP contribution in [0.5, 0.6) is 0 Å². The second-order valence-electron chi connectivity index (χ2n) is 21.3. The number of nitrogens with two attached hydrogens (primary N) is 4. The Morgan fingerprint density at radius 2 is 1.41 bits per heavy atom. The molecule has 4 heterocycles. The molecule has 2 fully saturated rings. The van der Waals surface area contributed by atoms with Gasteiger partial charge in [0.2, 0.25) is 47.3 Å². The molecule has 3 aliphatic rings. The van der Waals surface area contributed by atoms with E-state index in [4.69, 9.17) is 27.7 Å². The van der Waals surface area contributed by atoms with E-state index in [2.05, 4.69) is 52.1 Å². The highest BCUT2D eigenvalue weighted by atomic mass is 16.5. The number of carbonyl (C=O) groups excluding carboxylic acids is 9. The minimum absolute atomic E-state index is 0.0322. The minimum Gasteiger partial charge on any atom is -0.379 e. The van der Waals surface area contributed by atoms with Crippen molar-refractivity contribution in [2.75, 3.05) is 39.4 Å². The number of urea groups is 1. The van der Waals surface area contributed by atoms with Crippen LogP contribution in [0.3, 0.4) is 0 Å². The highest BCUT2D eigenvalue weighted by Crippen LogP contribution is 2.26. The van der Waals surface area contributed by atoms with Crippen LogP contribution < -0.4 is 60.2 Å². The molecule has 25 heteroatoms. The summed E-state index contributed by atoms with van der Waals surface area (Å²) in [5.74, 6) is -6.35. The summed E-state index contributed by atoms with van der Waals surface area (Å²) in [6.45, 7) is 5.27. The average molecular weight is 1150 g/mol. The number of fused-ring (bicyclic) bond motifs is 3. The lowest BCUT2D eigenvalue weighted by Gasteiger charge is -2.38. The van der Waals surface area contributed by atoms with Crippen molar-refractivity contribution >= 4 is 70.2 Å². The van der Waals surface area contributed by atoms with Crippen LogP contribution in [-0.4, -0.2) is 156 Å². The van der Waals surface area contributed by atoms with Crippen LogP contribution >= 0.6 is 0 Å². The van der Waals surface area contributed by atoms with Crippen LogP contribution in [0.4, 0.5) is 4.79 Å². The first kappa shape index (κ1) is 62.0. The number of nitrogens with one attached hydrogen (secondary N) is 8. The number of unbranched alkanes of at least 4 members (excludes halogenated alkanes) is 1. The summed E-state index contributed by atoms with van der Waals surface area (Å²) in [6.07, 6.45) is 2.96. The zero-order chi connectivity index (χ0) is 59.4. The smallest absolute Gasteiger partial charge is 0.312 e. The summed E-state index contributed by atoms with van der Waals surface area (Å²) in [5.41, 5.74) is 27.2. The zero-order valence-corrected chi connectivity index (χ0v) is 46.9. The number of benzene rings is 3. The van der Waals surface area contributed by atoms with Gasteiger partial charge < -0.3 is 74.8 Å². The van der Waals surface area contributed by atoms with E-state index in [1.807, 2.05) is 61.5 Å². The summed E-state index contributed by atoms with van der Waals surface area (Å²) in [5, 5.41) is 20.0. The average Bonchev–Trinajstić information content (AvgIpc) is 4.07. The summed E-state index contributed by atoms with van der Waals surface area (Å²) in [6, 6.07) is 11.8. The van der Waals surface area contributed by atoms with E-state index >= 15 is 14.4 Å². The Morgan fingerprint density at radius 1 is 0.747 bits per heavy atom. The Morgan fingerprint density at radius 3 is 2.13 bits per heavy atom. The van der Waals surface area contributed by atoms with E-state index in [0.717, 1.165) is 35.1 Å². The van der Waals surface area contributed by atoms with Gasteiger partial charge in [0.05, 0.1) is 19.6 Å². The Balaban J connectivity index is 1.28. The van der Waals surface area contributed by atoms with Crippen LogP contribution in [0.1, 0.15) is 92.5 Å². The predicted octanol–water partition coefficient (Wildman–Crippen LogP) is -0.381. The van der Waals surface area contributed by atoms with E-state index in [1.165, 1.54) is 4.90 Å². The maximum absolute atomic E-state index is 15.2. The molecule has 0 radical (unpaired) electrons. The molecule has 446 valence electrons. The summed E-state index contributed by atoms with van der Waals surface area (Å²) < 4.78 is 5.53. The monoisotopic (exact) mass is 1150 g/mol. The Labute approximate surface area is 481 Å². The molecule has 1 aromatic heterocycles. The SMILES string of the molecule is CCCC[C@H](NC(N)=O)C(=O)N[C@H]1CC(=O)NCCCC[C@@H](C(N)=O)NC(=O)[C@H](Cc2c[nH]c3ccccc23)NC(=O)[C@H](CCCN=C(N)N)NC(=O)[C@@H](Cc2ccc(CN3CCOCC3)cc2)NC(=O)[C@@H]2Cc3ccccc3CN2C1=O. The van der Waals surface area contributed by atoms with Crippen molar-refractivity contribution in [1.82, 2.24) is 52.0 Å². The van der Waals surface area contributed by atoms with Crippen LogP contribution in [-0.2, 0) is 75.4 Å². The number of H-pyrrole nitrogens is 1. The molecule has 2 saturated heterocycles. The van der Waals surface area contributed by atoms with Crippen molar-refractivity contribution < 1.29 is 47.9 Å². The molecule has 3 aliphatic heterocycles. The third-order valence-electron chi connectivity index (χ3n) is 15.1. The molecule has 16 N–H and O–H groups in total.